The molecule has 2 aromatic heterocycles. The minimum absolute atomic E-state index is 0.178. The SMILES string of the molecule is CC1(C)c2ccccc2N(c2cccc3c2sc2c4c(ccc23)C2(c3ccccc3-c3ccccc32)c2ccc3c5c(ccc-4c25)CC3)c2cc3sc4ccccc4c3cc21. The Labute approximate surface area is 361 Å². The Kier molecular flexibility index (Phi) is 6.12. The third-order valence-electron chi connectivity index (χ3n) is 15.1. The standard InChI is InChI=1S/C58H37NS2/c1-57(2)43-18-8-9-19-47(43)59(49-31-51-40(30-46(49)57)36-14-5-10-21-50(36)60-51)48-20-11-15-37-38-27-29-45-54(56(38)61-55(37)48)39-26-24-32-22-23-33-25-28-44(53(39)52(32)33)58(45)41-16-6-3-12-34(41)35-13-4-7-17-42(35)58/h3-21,24-31H,22-23H2,1-2H3. The third kappa shape index (κ3) is 3.87. The van der Waals surface area contributed by atoms with Crippen LogP contribution >= 0.6 is 22.7 Å². The summed E-state index contributed by atoms with van der Waals surface area (Å²) in [7, 11) is 0. The molecule has 61 heavy (non-hydrogen) atoms. The molecule has 4 aliphatic rings. The topological polar surface area (TPSA) is 3.24 Å². The summed E-state index contributed by atoms with van der Waals surface area (Å²) in [5.41, 5.74) is 20.1. The Morgan fingerprint density at radius 2 is 1.07 bits per heavy atom. The summed E-state index contributed by atoms with van der Waals surface area (Å²) in [5, 5.41) is 8.33. The molecule has 11 aromatic rings. The van der Waals surface area contributed by atoms with Gasteiger partial charge < -0.3 is 4.90 Å². The Hall–Kier alpha value is -6.52. The van der Waals surface area contributed by atoms with Crippen LogP contribution in [-0.2, 0) is 23.7 Å². The molecule has 9 aromatic carbocycles. The molecule has 0 bridgehead atoms. The molecule has 0 radical (unpaired) electrons. The van der Waals surface area contributed by atoms with Crippen LogP contribution in [0.3, 0.4) is 0 Å². The normalized spacial score (nSPS) is 15.8. The van der Waals surface area contributed by atoms with Crippen LogP contribution in [0.25, 0.3) is 73.4 Å². The first-order valence-electron chi connectivity index (χ1n) is 21.6. The Morgan fingerprint density at radius 1 is 0.410 bits per heavy atom. The van der Waals surface area contributed by atoms with Crippen LogP contribution in [0.4, 0.5) is 17.1 Å². The van der Waals surface area contributed by atoms with Crippen LogP contribution in [0, 0.1) is 0 Å². The lowest BCUT2D eigenvalue weighted by molar-refractivity contribution is 0.633. The first-order valence-corrected chi connectivity index (χ1v) is 23.3. The first-order chi connectivity index (χ1) is 30.0. The fourth-order valence-corrected chi connectivity index (χ4v) is 15.1. The average molecular weight is 812 g/mol. The fourth-order valence-electron chi connectivity index (χ4n) is 12.6. The van der Waals surface area contributed by atoms with Gasteiger partial charge in [0.1, 0.15) is 0 Å². The summed E-state index contributed by atoms with van der Waals surface area (Å²) in [6.45, 7) is 4.83. The van der Waals surface area contributed by atoms with Crippen LogP contribution in [0.15, 0.2) is 164 Å². The van der Waals surface area contributed by atoms with Crippen LogP contribution in [0.2, 0.25) is 0 Å². The molecule has 0 N–H and O–H groups in total. The number of anilines is 3. The molecular formula is C58H37NS2. The fraction of sp³-hybridized carbons (Fsp3) is 0.103. The number of fused-ring (bicyclic) bond motifs is 18. The van der Waals surface area contributed by atoms with E-state index in [0.29, 0.717) is 0 Å². The molecule has 0 saturated heterocycles. The van der Waals surface area contributed by atoms with Crippen LogP contribution in [0.5, 0.6) is 0 Å². The molecule has 3 heteroatoms. The smallest absolute Gasteiger partial charge is 0.0726 e. The van der Waals surface area contributed by atoms with Crippen LogP contribution < -0.4 is 4.90 Å². The van der Waals surface area contributed by atoms with E-state index in [4.69, 9.17) is 0 Å². The van der Waals surface area contributed by atoms with E-state index in [1.54, 1.807) is 0 Å². The first kappa shape index (κ1) is 33.2. The van der Waals surface area contributed by atoms with E-state index in [0.717, 1.165) is 12.8 Å². The van der Waals surface area contributed by atoms with Crippen molar-refractivity contribution in [1.82, 2.24) is 0 Å². The maximum Gasteiger partial charge on any atom is 0.0726 e. The highest BCUT2D eigenvalue weighted by atomic mass is 32.1. The van der Waals surface area contributed by atoms with Gasteiger partial charge in [-0.25, -0.2) is 0 Å². The van der Waals surface area contributed by atoms with Gasteiger partial charge >= 0.3 is 0 Å². The van der Waals surface area contributed by atoms with Gasteiger partial charge in [0.25, 0.3) is 0 Å². The highest BCUT2D eigenvalue weighted by Gasteiger charge is 2.51. The van der Waals surface area contributed by atoms with Gasteiger partial charge in [0, 0.05) is 46.6 Å². The van der Waals surface area contributed by atoms with E-state index < -0.39 is 5.41 Å². The summed E-state index contributed by atoms with van der Waals surface area (Å²) in [5.74, 6) is 0. The second-order valence-corrected chi connectivity index (χ2v) is 20.3. The van der Waals surface area contributed by atoms with Gasteiger partial charge in [0.05, 0.1) is 27.2 Å². The lowest BCUT2D eigenvalue weighted by Crippen LogP contribution is -2.32. The number of rotatable bonds is 1. The molecule has 0 saturated carbocycles. The van der Waals surface area contributed by atoms with Crippen molar-refractivity contribution in [2.75, 3.05) is 4.90 Å². The van der Waals surface area contributed by atoms with Crippen molar-refractivity contribution in [3.05, 3.63) is 208 Å². The van der Waals surface area contributed by atoms with E-state index in [9.17, 15) is 0 Å². The monoisotopic (exact) mass is 811 g/mol. The van der Waals surface area contributed by atoms with Gasteiger partial charge in [0.15, 0.2) is 0 Å². The third-order valence-corrected chi connectivity index (χ3v) is 17.5. The van der Waals surface area contributed by atoms with Crippen LogP contribution in [0.1, 0.15) is 58.4 Å². The molecule has 3 aliphatic carbocycles. The van der Waals surface area contributed by atoms with Crippen molar-refractivity contribution in [2.45, 2.75) is 37.5 Å². The molecule has 286 valence electrons. The number of hydrogen-bond donors (Lipinski definition) is 0. The van der Waals surface area contributed by atoms with Crippen molar-refractivity contribution in [3.63, 3.8) is 0 Å². The van der Waals surface area contributed by atoms with Crippen molar-refractivity contribution < 1.29 is 0 Å². The molecule has 0 unspecified atom stereocenters. The zero-order chi connectivity index (χ0) is 39.9. The zero-order valence-electron chi connectivity index (χ0n) is 33.8. The number of benzene rings is 9. The van der Waals surface area contributed by atoms with Crippen molar-refractivity contribution in [3.8, 4) is 22.3 Å². The zero-order valence-corrected chi connectivity index (χ0v) is 35.4. The number of nitrogens with zero attached hydrogens (tertiary/aromatic N) is 1. The van der Waals surface area contributed by atoms with E-state index in [1.165, 1.54) is 135 Å². The molecular weight excluding hydrogens is 775 g/mol. The van der Waals surface area contributed by atoms with Gasteiger partial charge in [-0.05, 0) is 115 Å². The predicted octanol–water partition coefficient (Wildman–Crippen LogP) is 16.1. The Morgan fingerprint density at radius 3 is 1.89 bits per heavy atom. The lowest BCUT2D eigenvalue weighted by atomic mass is 9.61. The molecule has 0 atom stereocenters. The summed E-state index contributed by atoms with van der Waals surface area (Å²) >= 11 is 3.91. The van der Waals surface area contributed by atoms with E-state index in [1.807, 2.05) is 22.7 Å². The van der Waals surface area contributed by atoms with Gasteiger partial charge in [0.2, 0.25) is 0 Å². The summed E-state index contributed by atoms with van der Waals surface area (Å²) < 4.78 is 5.40. The minimum Gasteiger partial charge on any atom is -0.308 e. The number of aryl methyl sites for hydroxylation is 2. The van der Waals surface area contributed by atoms with Gasteiger partial charge in [-0.1, -0.05) is 147 Å². The molecule has 1 spiro atoms. The van der Waals surface area contributed by atoms with E-state index in [2.05, 4.69) is 183 Å². The molecule has 0 amide bonds. The van der Waals surface area contributed by atoms with E-state index in [-0.39, 0.29) is 5.41 Å². The molecule has 3 heterocycles. The van der Waals surface area contributed by atoms with E-state index >= 15 is 0 Å². The molecule has 15 rings (SSSR count). The van der Waals surface area contributed by atoms with Crippen molar-refractivity contribution in [2.24, 2.45) is 0 Å². The van der Waals surface area contributed by atoms with Gasteiger partial charge in [-0.15, -0.1) is 22.7 Å². The maximum atomic E-state index is 2.60. The van der Waals surface area contributed by atoms with Gasteiger partial charge in [-0.3, -0.25) is 0 Å². The highest BCUT2D eigenvalue weighted by molar-refractivity contribution is 7.27. The lowest BCUT2D eigenvalue weighted by Gasteiger charge is -2.42. The largest absolute Gasteiger partial charge is 0.308 e. The minimum atomic E-state index is -0.422. The van der Waals surface area contributed by atoms with Gasteiger partial charge in [-0.2, -0.15) is 0 Å². The quantitative estimate of drug-likeness (QED) is 0.160. The molecule has 1 nitrogen and oxygen atoms in total. The predicted molar refractivity (Wildman–Crippen MR) is 260 cm³/mol. The number of thiophene rings is 2. The highest BCUT2D eigenvalue weighted by Crippen LogP contribution is 2.65. The number of hydrogen-bond acceptors (Lipinski definition) is 3. The molecule has 0 fully saturated rings. The van der Waals surface area contributed by atoms with Crippen molar-refractivity contribution in [1.29, 1.82) is 0 Å². The summed E-state index contributed by atoms with van der Waals surface area (Å²) in [6.07, 6.45) is 2.23. The second-order valence-electron chi connectivity index (χ2n) is 18.2. The Bertz CT molecular complexity index is 3760. The summed E-state index contributed by atoms with van der Waals surface area (Å²) in [6, 6.07) is 63.5. The Balaban J connectivity index is 1.07. The maximum absolute atomic E-state index is 2.60. The molecule has 1 aliphatic heterocycles. The number of para-hydroxylation sites is 1. The average Bonchev–Trinajstić information content (AvgIpc) is 4.07. The second kappa shape index (κ2) is 11.2. The van der Waals surface area contributed by atoms with Crippen LogP contribution in [-0.4, -0.2) is 0 Å². The van der Waals surface area contributed by atoms with Crippen molar-refractivity contribution >= 4 is 90.9 Å². The summed E-state index contributed by atoms with van der Waals surface area (Å²) in [4.78, 5) is 2.60.